The molecular formula is C16H15Cl2N7O. The molecule has 0 fully saturated rings. The fraction of sp³-hybridized carbons (Fsp3) is 0.188. The lowest BCUT2D eigenvalue weighted by molar-refractivity contribution is 0.248. The van der Waals surface area contributed by atoms with Gasteiger partial charge in [-0.3, -0.25) is 0 Å². The molecule has 0 saturated heterocycles. The molecule has 1 unspecified atom stereocenters. The van der Waals surface area contributed by atoms with E-state index in [-0.39, 0.29) is 0 Å². The highest BCUT2D eigenvalue weighted by molar-refractivity contribution is 6.36. The first-order chi connectivity index (χ1) is 12.5. The summed E-state index contributed by atoms with van der Waals surface area (Å²) in [7, 11) is 0. The number of benzene rings is 1. The Balaban J connectivity index is 1.73. The Kier molecular flexibility index (Phi) is 5.34. The van der Waals surface area contributed by atoms with Crippen molar-refractivity contribution < 1.29 is 4.79 Å². The van der Waals surface area contributed by atoms with E-state index in [2.05, 4.69) is 30.7 Å². The molecule has 8 nitrogen and oxygen atoms in total. The monoisotopic (exact) mass is 391 g/mol. The van der Waals surface area contributed by atoms with Crippen molar-refractivity contribution in [3.63, 3.8) is 0 Å². The fourth-order valence-electron chi connectivity index (χ4n) is 2.26. The Labute approximate surface area is 159 Å². The molecule has 0 bridgehead atoms. The standard InChI is InChI=1S/C16H15Cl2N7O/c1-9-6-12(18)13(7-11(9)17)24-16(26)23-10(2)14-21-8-22-25(14)15-19-4-3-5-20-15/h3-8,10H,1-2H3,(H2,23,24,26). The Morgan fingerprint density at radius 2 is 1.88 bits per heavy atom. The van der Waals surface area contributed by atoms with Crippen LogP contribution in [-0.4, -0.2) is 30.8 Å². The van der Waals surface area contributed by atoms with Crippen LogP contribution in [0.15, 0.2) is 36.9 Å². The van der Waals surface area contributed by atoms with Crippen molar-refractivity contribution in [1.29, 1.82) is 0 Å². The maximum absolute atomic E-state index is 12.3. The number of hydrogen-bond donors (Lipinski definition) is 2. The van der Waals surface area contributed by atoms with Gasteiger partial charge in [0, 0.05) is 17.4 Å². The van der Waals surface area contributed by atoms with E-state index >= 15 is 0 Å². The number of halogens is 2. The highest BCUT2D eigenvalue weighted by Crippen LogP contribution is 2.28. The number of carbonyl (C=O) groups is 1. The lowest BCUT2D eigenvalue weighted by Gasteiger charge is -2.15. The van der Waals surface area contributed by atoms with Gasteiger partial charge >= 0.3 is 6.03 Å². The van der Waals surface area contributed by atoms with Gasteiger partial charge in [0.1, 0.15) is 6.33 Å². The van der Waals surface area contributed by atoms with E-state index in [4.69, 9.17) is 23.2 Å². The summed E-state index contributed by atoms with van der Waals surface area (Å²) in [6.45, 7) is 3.60. The second kappa shape index (κ2) is 7.67. The van der Waals surface area contributed by atoms with E-state index in [1.165, 1.54) is 11.0 Å². The van der Waals surface area contributed by atoms with E-state index in [1.54, 1.807) is 37.5 Å². The summed E-state index contributed by atoms with van der Waals surface area (Å²) in [6.07, 6.45) is 4.57. The second-order valence-corrected chi connectivity index (χ2v) is 6.29. The molecule has 2 aromatic heterocycles. The maximum atomic E-state index is 12.3. The summed E-state index contributed by atoms with van der Waals surface area (Å²) in [6, 6.07) is 4.07. The third-order valence-corrected chi connectivity index (χ3v) is 4.27. The summed E-state index contributed by atoms with van der Waals surface area (Å²) in [4.78, 5) is 24.7. The van der Waals surface area contributed by atoms with E-state index in [1.807, 2.05) is 6.92 Å². The number of anilines is 1. The number of aromatic nitrogens is 5. The highest BCUT2D eigenvalue weighted by Gasteiger charge is 2.18. The molecule has 0 spiro atoms. The van der Waals surface area contributed by atoms with Crippen LogP contribution in [0.5, 0.6) is 0 Å². The molecule has 0 aliphatic rings. The predicted octanol–water partition coefficient (Wildman–Crippen LogP) is 3.56. The second-order valence-electron chi connectivity index (χ2n) is 5.48. The van der Waals surface area contributed by atoms with Crippen LogP contribution in [0, 0.1) is 6.92 Å². The predicted molar refractivity (Wildman–Crippen MR) is 98.7 cm³/mol. The molecule has 0 radical (unpaired) electrons. The normalized spacial score (nSPS) is 11.8. The number of nitrogens with one attached hydrogen (secondary N) is 2. The lowest BCUT2D eigenvalue weighted by atomic mass is 10.2. The number of nitrogens with zero attached hydrogens (tertiary/aromatic N) is 5. The molecule has 3 rings (SSSR count). The van der Waals surface area contributed by atoms with Crippen molar-refractivity contribution in [1.82, 2.24) is 30.0 Å². The van der Waals surface area contributed by atoms with Gasteiger partial charge in [0.05, 0.1) is 16.8 Å². The minimum atomic E-state index is -0.457. The van der Waals surface area contributed by atoms with Gasteiger partial charge in [-0.05, 0) is 37.6 Å². The third-order valence-electron chi connectivity index (χ3n) is 3.55. The quantitative estimate of drug-likeness (QED) is 0.708. The zero-order valence-electron chi connectivity index (χ0n) is 13.9. The molecule has 3 aromatic rings. The molecule has 2 N–H and O–H groups in total. The molecular weight excluding hydrogens is 377 g/mol. The van der Waals surface area contributed by atoms with Crippen molar-refractivity contribution in [2.24, 2.45) is 0 Å². The van der Waals surface area contributed by atoms with Gasteiger partial charge < -0.3 is 10.6 Å². The third kappa shape index (κ3) is 3.92. The molecule has 1 atom stereocenters. The van der Waals surface area contributed by atoms with Gasteiger partial charge in [0.15, 0.2) is 5.82 Å². The summed E-state index contributed by atoms with van der Waals surface area (Å²) >= 11 is 12.2. The molecule has 134 valence electrons. The van der Waals surface area contributed by atoms with Crippen LogP contribution in [0.2, 0.25) is 10.0 Å². The van der Waals surface area contributed by atoms with E-state index in [0.717, 1.165) is 5.56 Å². The van der Waals surface area contributed by atoms with E-state index < -0.39 is 12.1 Å². The summed E-state index contributed by atoms with van der Waals surface area (Å²) < 4.78 is 1.46. The first-order valence-corrected chi connectivity index (χ1v) is 8.41. The largest absolute Gasteiger partial charge is 0.328 e. The highest BCUT2D eigenvalue weighted by atomic mass is 35.5. The molecule has 0 saturated carbocycles. The molecule has 10 heteroatoms. The van der Waals surface area contributed by atoms with Crippen LogP contribution in [0.4, 0.5) is 10.5 Å². The first kappa shape index (κ1) is 18.1. The zero-order valence-corrected chi connectivity index (χ0v) is 15.5. The van der Waals surface area contributed by atoms with Gasteiger partial charge in [-0.1, -0.05) is 23.2 Å². The van der Waals surface area contributed by atoms with Gasteiger partial charge in [-0.25, -0.2) is 19.7 Å². The average molecular weight is 392 g/mol. The fourth-order valence-corrected chi connectivity index (χ4v) is 2.69. The summed E-state index contributed by atoms with van der Waals surface area (Å²) in [5, 5.41) is 10.5. The Morgan fingerprint density at radius 3 is 2.62 bits per heavy atom. The number of aryl methyl sites for hydroxylation is 1. The Hall–Kier alpha value is -2.71. The van der Waals surface area contributed by atoms with E-state index in [0.29, 0.717) is 27.5 Å². The molecule has 0 aliphatic carbocycles. The van der Waals surface area contributed by atoms with Crippen molar-refractivity contribution in [3.05, 3.63) is 58.4 Å². The summed E-state index contributed by atoms with van der Waals surface area (Å²) in [5.41, 5.74) is 1.24. The maximum Gasteiger partial charge on any atom is 0.319 e. The van der Waals surface area contributed by atoms with Crippen LogP contribution in [0.1, 0.15) is 24.4 Å². The summed E-state index contributed by atoms with van der Waals surface area (Å²) in [5.74, 6) is 0.849. The minimum absolute atomic E-state index is 0.363. The molecule has 0 aliphatic heterocycles. The average Bonchev–Trinajstić information content (AvgIpc) is 3.10. The van der Waals surface area contributed by atoms with Gasteiger partial charge in [0.25, 0.3) is 5.95 Å². The van der Waals surface area contributed by atoms with Gasteiger partial charge in [-0.2, -0.15) is 9.78 Å². The van der Waals surface area contributed by atoms with Crippen molar-refractivity contribution >= 4 is 34.9 Å². The van der Waals surface area contributed by atoms with Crippen molar-refractivity contribution in [2.45, 2.75) is 19.9 Å². The molecule has 26 heavy (non-hydrogen) atoms. The number of hydrogen-bond acceptors (Lipinski definition) is 5. The molecule has 2 heterocycles. The number of urea groups is 1. The van der Waals surface area contributed by atoms with Gasteiger partial charge in [-0.15, -0.1) is 0 Å². The SMILES string of the molecule is Cc1cc(Cl)c(NC(=O)NC(C)c2ncnn2-c2ncccn2)cc1Cl. The minimum Gasteiger partial charge on any atom is -0.328 e. The van der Waals surface area contributed by atoms with Gasteiger partial charge in [0.2, 0.25) is 0 Å². The van der Waals surface area contributed by atoms with Crippen LogP contribution >= 0.6 is 23.2 Å². The smallest absolute Gasteiger partial charge is 0.319 e. The Morgan fingerprint density at radius 1 is 1.15 bits per heavy atom. The number of carbonyl (C=O) groups excluding carboxylic acids is 1. The first-order valence-electron chi connectivity index (χ1n) is 7.66. The van der Waals surface area contributed by atoms with Crippen molar-refractivity contribution in [2.75, 3.05) is 5.32 Å². The van der Waals surface area contributed by atoms with E-state index in [9.17, 15) is 4.79 Å². The topological polar surface area (TPSA) is 97.6 Å². The number of rotatable bonds is 4. The molecule has 2 amide bonds. The number of amides is 2. The van der Waals surface area contributed by atoms with Crippen LogP contribution < -0.4 is 10.6 Å². The van der Waals surface area contributed by atoms with Crippen molar-refractivity contribution in [3.8, 4) is 5.95 Å². The zero-order chi connectivity index (χ0) is 18.7. The van der Waals surface area contributed by atoms with Crippen LogP contribution in [0.25, 0.3) is 5.95 Å². The van der Waals surface area contributed by atoms with Crippen LogP contribution in [0.3, 0.4) is 0 Å². The Bertz CT molecular complexity index is 930. The van der Waals surface area contributed by atoms with Crippen LogP contribution in [-0.2, 0) is 0 Å². The molecule has 1 aromatic carbocycles. The lowest BCUT2D eigenvalue weighted by Crippen LogP contribution is -2.32.